The quantitative estimate of drug-likeness (QED) is 0.112. The van der Waals surface area contributed by atoms with Gasteiger partial charge in [-0.05, 0) is 62.1 Å². The number of nitrogens with zero attached hydrogens (tertiary/aromatic N) is 2. The molecular weight excluding hydrogens is 949 g/mol. The molecule has 1 atom stereocenters. The molecule has 305 valence electrons. The SMILES string of the molecule is C[Si](C)(C)c1ccc(-c2[c-]cc(-c3ccccc3)cc2)nc1.[2H]C(C)(c1ccccc1)c1ccnc(-c2[c-]cc3oc4cc(-c5ccccc5-c5ccccc5)ccc4c3c2)c1.[Ir]. The molecule has 10 rings (SSSR count). The largest absolute Gasteiger partial charge is 0.500 e. The van der Waals surface area contributed by atoms with E-state index in [1.165, 1.54) is 33.0 Å². The number of rotatable bonds is 8. The molecule has 5 heteroatoms. The standard InChI is InChI=1S/C37H26NO.C20H20NSi.Ir/c1-25(26-10-4-2-5-11-26)28-20-21-38-35(23-28)30-17-19-36-34(22-30)33-18-16-29(24-37(33)39-36)32-15-9-8-14-31(32)27-12-6-3-7-13-27;1-22(2,3)19-13-14-20(21-15-19)18-11-9-17(10-12-18)16-7-5-4-6-8-16;/h2-16,18-25H,1H3;4-11,13-15H,1-3H3;/q2*-1;/i25D;;. The predicted octanol–water partition coefficient (Wildman–Crippen LogP) is 14.7. The fraction of sp³-hybridized carbons (Fsp3) is 0.0877. The molecule has 7 aromatic carbocycles. The van der Waals surface area contributed by atoms with E-state index in [-0.39, 0.29) is 20.1 Å². The van der Waals surface area contributed by atoms with Crippen molar-refractivity contribution in [2.75, 3.05) is 0 Å². The van der Waals surface area contributed by atoms with Crippen LogP contribution < -0.4 is 5.19 Å². The Bertz CT molecular complexity index is 3110. The summed E-state index contributed by atoms with van der Waals surface area (Å²) in [6.45, 7) is 8.94. The number of benzene rings is 7. The maximum atomic E-state index is 9.09. The second-order valence-corrected chi connectivity index (χ2v) is 21.4. The maximum Gasteiger partial charge on any atom is 0.121 e. The van der Waals surface area contributed by atoms with Gasteiger partial charge in [0.05, 0.1) is 13.7 Å². The molecule has 0 amide bonds. The van der Waals surface area contributed by atoms with Crippen LogP contribution in [0.4, 0.5) is 0 Å². The van der Waals surface area contributed by atoms with Gasteiger partial charge in [-0.1, -0.05) is 189 Å². The number of aromatic nitrogens is 2. The van der Waals surface area contributed by atoms with Crippen molar-refractivity contribution in [3.8, 4) is 55.9 Å². The van der Waals surface area contributed by atoms with E-state index < -0.39 is 14.0 Å². The van der Waals surface area contributed by atoms with Crippen LogP contribution >= 0.6 is 0 Å². The molecule has 0 aliphatic heterocycles. The maximum absolute atomic E-state index is 9.09. The second-order valence-electron chi connectivity index (χ2n) is 16.3. The number of pyridine rings is 2. The van der Waals surface area contributed by atoms with Crippen molar-refractivity contribution in [1.29, 1.82) is 0 Å². The molecule has 3 heterocycles. The molecule has 0 fully saturated rings. The summed E-state index contributed by atoms with van der Waals surface area (Å²) in [6.07, 6.45) is 3.81. The Balaban J connectivity index is 0.000000201. The van der Waals surface area contributed by atoms with Crippen LogP contribution in [-0.2, 0) is 20.1 Å². The van der Waals surface area contributed by atoms with Crippen LogP contribution in [0.3, 0.4) is 0 Å². The van der Waals surface area contributed by atoms with Crippen LogP contribution in [0.15, 0.2) is 205 Å². The summed E-state index contributed by atoms with van der Waals surface area (Å²) in [5.41, 5.74) is 14.2. The van der Waals surface area contributed by atoms with Crippen molar-refractivity contribution in [2.45, 2.75) is 32.5 Å². The Kier molecular flexibility index (Phi) is 12.3. The first-order valence-corrected chi connectivity index (χ1v) is 24.2. The van der Waals surface area contributed by atoms with Gasteiger partial charge in [0.1, 0.15) is 5.58 Å². The molecule has 62 heavy (non-hydrogen) atoms. The summed E-state index contributed by atoms with van der Waals surface area (Å²) in [6, 6.07) is 70.9. The van der Waals surface area contributed by atoms with Crippen LogP contribution in [-0.4, -0.2) is 18.0 Å². The first kappa shape index (κ1) is 40.9. The zero-order valence-corrected chi connectivity index (χ0v) is 38.6. The Morgan fingerprint density at radius 3 is 1.82 bits per heavy atom. The molecule has 0 bridgehead atoms. The fourth-order valence-corrected chi connectivity index (χ4v) is 8.73. The van der Waals surface area contributed by atoms with E-state index in [1.54, 1.807) is 6.20 Å². The molecule has 0 N–H and O–H groups in total. The Labute approximate surface area is 381 Å². The van der Waals surface area contributed by atoms with E-state index in [0.717, 1.165) is 61.1 Å². The van der Waals surface area contributed by atoms with Gasteiger partial charge in [0.15, 0.2) is 0 Å². The van der Waals surface area contributed by atoms with Gasteiger partial charge in [0.2, 0.25) is 0 Å². The van der Waals surface area contributed by atoms with Gasteiger partial charge in [0.25, 0.3) is 0 Å². The minimum absolute atomic E-state index is 0. The molecule has 10 aromatic rings. The summed E-state index contributed by atoms with van der Waals surface area (Å²) in [4.78, 5) is 9.26. The van der Waals surface area contributed by atoms with Gasteiger partial charge >= 0.3 is 0 Å². The number of hydrogen-bond acceptors (Lipinski definition) is 3. The van der Waals surface area contributed by atoms with E-state index in [2.05, 4.69) is 163 Å². The molecule has 0 saturated carbocycles. The van der Waals surface area contributed by atoms with Crippen LogP contribution in [0.1, 0.15) is 25.3 Å². The van der Waals surface area contributed by atoms with Gasteiger partial charge in [-0.25, -0.2) is 0 Å². The summed E-state index contributed by atoms with van der Waals surface area (Å²) in [7, 11) is -1.28. The molecule has 3 aromatic heterocycles. The van der Waals surface area contributed by atoms with E-state index in [9.17, 15) is 0 Å². The van der Waals surface area contributed by atoms with Gasteiger partial charge < -0.3 is 14.4 Å². The molecular formula is C57H46IrN2OSi-2. The van der Waals surface area contributed by atoms with Crippen molar-refractivity contribution < 1.29 is 25.9 Å². The van der Waals surface area contributed by atoms with E-state index >= 15 is 0 Å². The minimum Gasteiger partial charge on any atom is -0.500 e. The zero-order chi connectivity index (χ0) is 42.7. The molecule has 1 unspecified atom stereocenters. The van der Waals surface area contributed by atoms with Gasteiger partial charge in [-0.15, -0.1) is 53.6 Å². The van der Waals surface area contributed by atoms with Crippen molar-refractivity contribution in [3.63, 3.8) is 0 Å². The van der Waals surface area contributed by atoms with Gasteiger partial charge in [0, 0.05) is 45.1 Å². The third-order valence-electron chi connectivity index (χ3n) is 11.2. The Morgan fingerprint density at radius 1 is 0.516 bits per heavy atom. The van der Waals surface area contributed by atoms with Crippen molar-refractivity contribution in [3.05, 3.63) is 224 Å². The molecule has 0 aliphatic rings. The Morgan fingerprint density at radius 2 is 1.16 bits per heavy atom. The van der Waals surface area contributed by atoms with Crippen LogP contribution in [0.25, 0.3) is 77.8 Å². The Hall–Kier alpha value is -6.49. The topological polar surface area (TPSA) is 38.9 Å². The smallest absolute Gasteiger partial charge is 0.121 e. The normalized spacial score (nSPS) is 12.4. The fourth-order valence-electron chi connectivity index (χ4n) is 7.70. The molecule has 0 saturated heterocycles. The average molecular weight is 996 g/mol. The summed E-state index contributed by atoms with van der Waals surface area (Å²) < 4.78 is 15.4. The van der Waals surface area contributed by atoms with Gasteiger partial charge in [-0.2, -0.15) is 0 Å². The minimum atomic E-state index is -1.28. The molecule has 0 spiro atoms. The zero-order valence-electron chi connectivity index (χ0n) is 36.2. The number of furan rings is 1. The number of hydrogen-bond donors (Lipinski definition) is 0. The van der Waals surface area contributed by atoms with Crippen LogP contribution in [0, 0.1) is 12.1 Å². The summed E-state index contributed by atoms with van der Waals surface area (Å²) in [5.74, 6) is -0.891. The van der Waals surface area contributed by atoms with E-state index in [1.807, 2.05) is 79.9 Å². The van der Waals surface area contributed by atoms with Crippen molar-refractivity contribution >= 4 is 35.2 Å². The monoisotopic (exact) mass is 996 g/mol. The van der Waals surface area contributed by atoms with E-state index in [4.69, 9.17) is 5.79 Å². The third-order valence-corrected chi connectivity index (χ3v) is 13.3. The van der Waals surface area contributed by atoms with Crippen LogP contribution in [0.5, 0.6) is 0 Å². The van der Waals surface area contributed by atoms with Gasteiger partial charge in [-0.3, -0.25) is 0 Å². The first-order chi connectivity index (χ1) is 30.1. The molecule has 1 radical (unpaired) electrons. The predicted molar refractivity (Wildman–Crippen MR) is 258 cm³/mol. The average Bonchev–Trinajstić information content (AvgIpc) is 3.70. The van der Waals surface area contributed by atoms with E-state index in [0.29, 0.717) is 0 Å². The summed E-state index contributed by atoms with van der Waals surface area (Å²) >= 11 is 0. The van der Waals surface area contributed by atoms with Crippen molar-refractivity contribution in [2.24, 2.45) is 0 Å². The van der Waals surface area contributed by atoms with Crippen molar-refractivity contribution in [1.82, 2.24) is 9.97 Å². The number of fused-ring (bicyclic) bond motifs is 3. The third kappa shape index (κ3) is 9.22. The second kappa shape index (κ2) is 18.6. The summed E-state index contributed by atoms with van der Waals surface area (Å²) in [5, 5.41) is 3.46. The molecule has 0 aliphatic carbocycles. The first-order valence-electron chi connectivity index (χ1n) is 21.2. The van der Waals surface area contributed by atoms with Crippen LogP contribution in [0.2, 0.25) is 19.6 Å². The molecule has 3 nitrogen and oxygen atoms in total.